The molecule has 3 aromatic rings. The van der Waals surface area contributed by atoms with Crippen LogP contribution >= 0.6 is 22.9 Å². The van der Waals surface area contributed by atoms with E-state index in [4.69, 9.17) is 11.6 Å². The standard InChI is InChI=1S/C13H11ClN4S/c14-10-6-4-8(5-7-10)11-15-16-13-18(11)17-12(19-13)9-2-1-3-9/h4-7,9H,1-3H2. The van der Waals surface area contributed by atoms with Gasteiger partial charge in [-0.1, -0.05) is 29.4 Å². The van der Waals surface area contributed by atoms with Gasteiger partial charge in [-0.15, -0.1) is 10.2 Å². The van der Waals surface area contributed by atoms with Crippen LogP contribution in [-0.4, -0.2) is 19.8 Å². The van der Waals surface area contributed by atoms with Crippen molar-refractivity contribution in [3.05, 3.63) is 34.3 Å². The molecule has 0 saturated heterocycles. The topological polar surface area (TPSA) is 43.1 Å². The third-order valence-corrected chi connectivity index (χ3v) is 4.88. The van der Waals surface area contributed by atoms with Crippen LogP contribution in [0.1, 0.15) is 30.2 Å². The van der Waals surface area contributed by atoms with E-state index in [0.29, 0.717) is 5.92 Å². The summed E-state index contributed by atoms with van der Waals surface area (Å²) < 4.78 is 1.85. The lowest BCUT2D eigenvalue weighted by Crippen LogP contribution is -2.08. The van der Waals surface area contributed by atoms with E-state index in [9.17, 15) is 0 Å². The summed E-state index contributed by atoms with van der Waals surface area (Å²) in [7, 11) is 0. The van der Waals surface area contributed by atoms with Gasteiger partial charge in [0.1, 0.15) is 5.01 Å². The number of hydrogen-bond acceptors (Lipinski definition) is 4. The average Bonchev–Trinajstić information content (AvgIpc) is 2.88. The maximum Gasteiger partial charge on any atom is 0.234 e. The van der Waals surface area contributed by atoms with Crippen LogP contribution in [0.2, 0.25) is 5.02 Å². The highest BCUT2D eigenvalue weighted by molar-refractivity contribution is 7.16. The number of nitrogens with zero attached hydrogens (tertiary/aromatic N) is 4. The summed E-state index contributed by atoms with van der Waals surface area (Å²) in [5.74, 6) is 1.42. The maximum absolute atomic E-state index is 5.91. The molecule has 4 nitrogen and oxygen atoms in total. The molecule has 1 aliphatic carbocycles. The van der Waals surface area contributed by atoms with Gasteiger partial charge in [-0.25, -0.2) is 0 Å². The molecule has 4 rings (SSSR count). The molecule has 1 fully saturated rings. The normalized spacial score (nSPS) is 15.8. The largest absolute Gasteiger partial charge is 0.234 e. The highest BCUT2D eigenvalue weighted by Gasteiger charge is 2.24. The fourth-order valence-corrected chi connectivity index (χ4v) is 3.36. The Hall–Kier alpha value is -1.46. The number of halogens is 1. The summed E-state index contributed by atoms with van der Waals surface area (Å²) >= 11 is 7.56. The van der Waals surface area contributed by atoms with E-state index in [0.717, 1.165) is 21.4 Å². The van der Waals surface area contributed by atoms with Crippen molar-refractivity contribution in [3.63, 3.8) is 0 Å². The third kappa shape index (κ3) is 1.84. The predicted octanol–water partition coefficient (Wildman–Crippen LogP) is 3.77. The summed E-state index contributed by atoms with van der Waals surface area (Å²) in [5.41, 5.74) is 0.988. The fourth-order valence-electron chi connectivity index (χ4n) is 2.23. The van der Waals surface area contributed by atoms with E-state index in [1.54, 1.807) is 11.3 Å². The lowest BCUT2D eigenvalue weighted by molar-refractivity contribution is 0.415. The number of rotatable bonds is 2. The van der Waals surface area contributed by atoms with Gasteiger partial charge in [0.25, 0.3) is 0 Å². The Kier molecular flexibility index (Phi) is 2.56. The second-order valence-electron chi connectivity index (χ2n) is 4.79. The first-order valence-electron chi connectivity index (χ1n) is 6.29. The molecule has 0 bridgehead atoms. The molecule has 6 heteroatoms. The van der Waals surface area contributed by atoms with Gasteiger partial charge in [0.15, 0.2) is 5.82 Å². The molecule has 1 saturated carbocycles. The summed E-state index contributed by atoms with van der Waals surface area (Å²) in [4.78, 5) is 0.867. The highest BCUT2D eigenvalue weighted by Crippen LogP contribution is 2.38. The van der Waals surface area contributed by atoms with Crippen LogP contribution in [0.25, 0.3) is 16.3 Å². The number of hydrogen-bond donors (Lipinski definition) is 0. The summed E-state index contributed by atoms with van der Waals surface area (Å²) in [6, 6.07) is 7.61. The number of aromatic nitrogens is 4. The van der Waals surface area contributed by atoms with E-state index >= 15 is 0 Å². The molecule has 19 heavy (non-hydrogen) atoms. The SMILES string of the molecule is Clc1ccc(-c2nnc3sc(C4CCC4)nn23)cc1. The summed E-state index contributed by atoms with van der Waals surface area (Å²) in [6.45, 7) is 0. The minimum absolute atomic E-state index is 0.629. The predicted molar refractivity (Wildman–Crippen MR) is 75.7 cm³/mol. The van der Waals surface area contributed by atoms with Gasteiger partial charge in [-0.05, 0) is 37.1 Å². The summed E-state index contributed by atoms with van der Waals surface area (Å²) in [6.07, 6.45) is 3.82. The van der Waals surface area contributed by atoms with Crippen molar-refractivity contribution < 1.29 is 0 Å². The fraction of sp³-hybridized carbons (Fsp3) is 0.308. The molecular weight excluding hydrogens is 280 g/mol. The second kappa shape index (κ2) is 4.28. The van der Waals surface area contributed by atoms with E-state index in [-0.39, 0.29) is 0 Å². The van der Waals surface area contributed by atoms with E-state index in [1.165, 1.54) is 24.3 Å². The first-order valence-corrected chi connectivity index (χ1v) is 7.49. The highest BCUT2D eigenvalue weighted by atomic mass is 35.5. The van der Waals surface area contributed by atoms with Crippen molar-refractivity contribution >= 4 is 27.9 Å². The van der Waals surface area contributed by atoms with Gasteiger partial charge >= 0.3 is 0 Å². The van der Waals surface area contributed by atoms with Crippen LogP contribution in [0.4, 0.5) is 0 Å². The quantitative estimate of drug-likeness (QED) is 0.721. The minimum atomic E-state index is 0.629. The smallest absolute Gasteiger partial charge is 0.183 e. The Bertz CT molecular complexity index is 727. The lowest BCUT2D eigenvalue weighted by atomic mass is 9.86. The van der Waals surface area contributed by atoms with E-state index in [2.05, 4.69) is 15.3 Å². The van der Waals surface area contributed by atoms with Gasteiger partial charge in [0.2, 0.25) is 4.96 Å². The minimum Gasteiger partial charge on any atom is -0.183 e. The molecule has 0 atom stereocenters. The van der Waals surface area contributed by atoms with Crippen molar-refractivity contribution in [2.45, 2.75) is 25.2 Å². The van der Waals surface area contributed by atoms with Crippen LogP contribution in [0.5, 0.6) is 0 Å². The van der Waals surface area contributed by atoms with Crippen LogP contribution in [-0.2, 0) is 0 Å². The van der Waals surface area contributed by atoms with Gasteiger partial charge in [0.05, 0.1) is 0 Å². The van der Waals surface area contributed by atoms with Crippen molar-refractivity contribution in [3.8, 4) is 11.4 Å². The van der Waals surface area contributed by atoms with Gasteiger partial charge in [-0.3, -0.25) is 0 Å². The molecule has 0 aliphatic heterocycles. The molecule has 0 N–H and O–H groups in total. The Labute approximate surface area is 119 Å². The van der Waals surface area contributed by atoms with Crippen molar-refractivity contribution in [2.75, 3.05) is 0 Å². The molecule has 2 heterocycles. The average molecular weight is 291 g/mol. The third-order valence-electron chi connectivity index (χ3n) is 3.56. The van der Waals surface area contributed by atoms with Crippen LogP contribution in [0.15, 0.2) is 24.3 Å². The second-order valence-corrected chi connectivity index (χ2v) is 6.22. The van der Waals surface area contributed by atoms with Crippen molar-refractivity contribution in [1.82, 2.24) is 19.8 Å². The monoisotopic (exact) mass is 290 g/mol. The van der Waals surface area contributed by atoms with E-state index in [1.807, 2.05) is 28.8 Å². The Morgan fingerprint density at radius 1 is 1.16 bits per heavy atom. The Morgan fingerprint density at radius 2 is 1.95 bits per heavy atom. The molecule has 1 aliphatic rings. The zero-order valence-electron chi connectivity index (χ0n) is 10.1. The first kappa shape index (κ1) is 11.4. The lowest BCUT2D eigenvalue weighted by Gasteiger charge is -2.21. The Balaban J connectivity index is 1.80. The van der Waals surface area contributed by atoms with Crippen molar-refractivity contribution in [1.29, 1.82) is 0 Å². The van der Waals surface area contributed by atoms with Gasteiger partial charge < -0.3 is 0 Å². The molecule has 2 aromatic heterocycles. The molecule has 0 spiro atoms. The first-order chi connectivity index (χ1) is 9.31. The Morgan fingerprint density at radius 3 is 2.63 bits per heavy atom. The summed E-state index contributed by atoms with van der Waals surface area (Å²) in [5, 5.41) is 15.0. The van der Waals surface area contributed by atoms with Crippen molar-refractivity contribution in [2.24, 2.45) is 0 Å². The molecule has 0 unspecified atom stereocenters. The van der Waals surface area contributed by atoms with Crippen LogP contribution < -0.4 is 0 Å². The molecule has 0 amide bonds. The van der Waals surface area contributed by atoms with Crippen LogP contribution in [0.3, 0.4) is 0 Å². The van der Waals surface area contributed by atoms with Gasteiger partial charge in [0, 0.05) is 16.5 Å². The molecular formula is C13H11ClN4S. The maximum atomic E-state index is 5.91. The van der Waals surface area contributed by atoms with Crippen LogP contribution in [0, 0.1) is 0 Å². The molecule has 96 valence electrons. The zero-order valence-corrected chi connectivity index (χ0v) is 11.7. The number of fused-ring (bicyclic) bond motifs is 1. The number of benzene rings is 1. The molecule has 0 radical (unpaired) electrons. The zero-order chi connectivity index (χ0) is 12.8. The molecule has 1 aromatic carbocycles. The van der Waals surface area contributed by atoms with Gasteiger partial charge in [-0.2, -0.15) is 9.61 Å². The van der Waals surface area contributed by atoms with E-state index < -0.39 is 0 Å².